The molecule has 0 saturated carbocycles. The number of benzene rings is 2. The van der Waals surface area contributed by atoms with Gasteiger partial charge in [0.25, 0.3) is 5.91 Å². The molecule has 146 valence electrons. The van der Waals surface area contributed by atoms with Crippen LogP contribution in [0.3, 0.4) is 0 Å². The highest BCUT2D eigenvalue weighted by atomic mass is 19.1. The van der Waals surface area contributed by atoms with Crippen molar-refractivity contribution in [1.29, 1.82) is 0 Å². The molecule has 1 aromatic heterocycles. The van der Waals surface area contributed by atoms with Crippen molar-refractivity contribution in [2.45, 2.75) is 27.3 Å². The van der Waals surface area contributed by atoms with E-state index in [2.05, 4.69) is 10.4 Å². The Morgan fingerprint density at radius 1 is 1.14 bits per heavy atom. The van der Waals surface area contributed by atoms with Crippen molar-refractivity contribution in [3.05, 3.63) is 76.9 Å². The van der Waals surface area contributed by atoms with Crippen molar-refractivity contribution in [2.75, 3.05) is 18.9 Å². The summed E-state index contributed by atoms with van der Waals surface area (Å²) in [5, 5.41) is 7.56. The van der Waals surface area contributed by atoms with E-state index in [1.807, 2.05) is 62.8 Å². The zero-order valence-electron chi connectivity index (χ0n) is 16.7. The molecule has 0 aliphatic carbocycles. The Hall–Kier alpha value is -2.99. The van der Waals surface area contributed by atoms with Gasteiger partial charge in [-0.15, -0.1) is 0 Å². The van der Waals surface area contributed by atoms with E-state index in [0.717, 1.165) is 33.2 Å². The number of nitrogens with one attached hydrogen (secondary N) is 2. The average molecular weight is 381 g/mol. The highest BCUT2D eigenvalue weighted by Crippen LogP contribution is 2.22. The molecule has 1 amide bonds. The molecule has 28 heavy (non-hydrogen) atoms. The van der Waals surface area contributed by atoms with Crippen molar-refractivity contribution in [2.24, 2.45) is 0 Å². The summed E-state index contributed by atoms with van der Waals surface area (Å²) in [6.45, 7) is 6.73. The maximum atomic E-state index is 13.3. The molecule has 3 aromatic rings. The number of rotatable bonds is 6. The molecule has 0 fully saturated rings. The molecule has 5 nitrogen and oxygen atoms in total. The summed E-state index contributed by atoms with van der Waals surface area (Å²) in [5.74, 6) is -0.354. The number of carbonyl (C=O) groups is 1. The number of nitrogens with zero attached hydrogens (tertiary/aromatic N) is 2. The number of hydrogen-bond donors (Lipinski definition) is 2. The van der Waals surface area contributed by atoms with Gasteiger partial charge in [-0.2, -0.15) is 5.10 Å². The summed E-state index contributed by atoms with van der Waals surface area (Å²) in [6, 6.07) is 14.6. The molecular formula is C22H26FN4O+. The first kappa shape index (κ1) is 19.8. The topological polar surface area (TPSA) is 51.4 Å². The SMILES string of the molecule is Cc1ccc(-n2nc(C)c(NC(=O)C[NH+](C)Cc3cccc(F)c3)c2C)cc1. The fourth-order valence-corrected chi connectivity index (χ4v) is 3.28. The van der Waals surface area contributed by atoms with Crippen molar-refractivity contribution in [3.63, 3.8) is 0 Å². The van der Waals surface area contributed by atoms with Crippen LogP contribution in [0.25, 0.3) is 5.69 Å². The van der Waals surface area contributed by atoms with Gasteiger partial charge in [-0.3, -0.25) is 4.79 Å². The smallest absolute Gasteiger partial charge is 0.279 e. The third-order valence-electron chi connectivity index (χ3n) is 4.69. The van der Waals surface area contributed by atoms with E-state index in [0.29, 0.717) is 6.54 Å². The molecule has 0 radical (unpaired) electrons. The molecule has 0 aliphatic rings. The summed E-state index contributed by atoms with van der Waals surface area (Å²) < 4.78 is 15.2. The first-order chi connectivity index (χ1) is 13.3. The summed E-state index contributed by atoms with van der Waals surface area (Å²) >= 11 is 0. The molecule has 1 heterocycles. The van der Waals surface area contributed by atoms with E-state index >= 15 is 0 Å². The van der Waals surface area contributed by atoms with Gasteiger partial charge in [0.2, 0.25) is 0 Å². The third-order valence-corrected chi connectivity index (χ3v) is 4.69. The normalized spacial score (nSPS) is 12.0. The number of halogens is 1. The minimum Gasteiger partial charge on any atom is -0.326 e. The van der Waals surface area contributed by atoms with Crippen LogP contribution in [0.1, 0.15) is 22.5 Å². The standard InChI is InChI=1S/C22H25FN4O/c1-15-8-10-20(11-9-15)27-17(3)22(16(2)25-27)24-21(28)14-26(4)13-18-6-5-7-19(23)12-18/h5-12H,13-14H2,1-4H3,(H,24,28)/p+1. The van der Waals surface area contributed by atoms with Crippen LogP contribution >= 0.6 is 0 Å². The number of carbonyl (C=O) groups excluding carboxylic acids is 1. The Kier molecular flexibility index (Phi) is 5.90. The zero-order valence-corrected chi connectivity index (χ0v) is 16.7. The van der Waals surface area contributed by atoms with Crippen molar-refractivity contribution in [1.82, 2.24) is 9.78 Å². The number of aromatic nitrogens is 2. The van der Waals surface area contributed by atoms with Crippen LogP contribution in [-0.2, 0) is 11.3 Å². The number of anilines is 1. The Balaban J connectivity index is 1.67. The summed E-state index contributed by atoms with van der Waals surface area (Å²) in [7, 11) is 1.92. The average Bonchev–Trinajstić information content (AvgIpc) is 2.90. The van der Waals surface area contributed by atoms with Gasteiger partial charge in [-0.05, 0) is 45.0 Å². The second kappa shape index (κ2) is 8.35. The van der Waals surface area contributed by atoms with Gasteiger partial charge in [-0.1, -0.05) is 29.8 Å². The predicted molar refractivity (Wildman–Crippen MR) is 108 cm³/mol. The number of amides is 1. The number of quaternary nitrogens is 1. The van der Waals surface area contributed by atoms with Crippen LogP contribution in [0.15, 0.2) is 48.5 Å². The minimum atomic E-state index is -0.260. The molecule has 0 aliphatic heterocycles. The molecular weight excluding hydrogens is 355 g/mol. The Bertz CT molecular complexity index is 979. The van der Waals surface area contributed by atoms with Gasteiger partial charge in [0.05, 0.1) is 29.8 Å². The van der Waals surface area contributed by atoms with Crippen molar-refractivity contribution >= 4 is 11.6 Å². The largest absolute Gasteiger partial charge is 0.326 e. The summed E-state index contributed by atoms with van der Waals surface area (Å²) in [6.07, 6.45) is 0. The number of hydrogen-bond acceptors (Lipinski definition) is 2. The van der Waals surface area contributed by atoms with Gasteiger partial charge in [0, 0.05) is 5.56 Å². The van der Waals surface area contributed by atoms with Crippen molar-refractivity contribution < 1.29 is 14.1 Å². The highest BCUT2D eigenvalue weighted by Gasteiger charge is 2.17. The lowest BCUT2D eigenvalue weighted by molar-refractivity contribution is -0.885. The van der Waals surface area contributed by atoms with Gasteiger partial charge >= 0.3 is 0 Å². The number of aryl methyl sites for hydroxylation is 2. The highest BCUT2D eigenvalue weighted by molar-refractivity contribution is 5.92. The van der Waals surface area contributed by atoms with Crippen LogP contribution in [0.2, 0.25) is 0 Å². The Morgan fingerprint density at radius 3 is 2.54 bits per heavy atom. The van der Waals surface area contributed by atoms with Crippen LogP contribution in [-0.4, -0.2) is 29.3 Å². The lowest BCUT2D eigenvalue weighted by Crippen LogP contribution is -3.08. The quantitative estimate of drug-likeness (QED) is 0.690. The van der Waals surface area contributed by atoms with Crippen LogP contribution in [0, 0.1) is 26.6 Å². The molecule has 2 N–H and O–H groups in total. The molecule has 2 aromatic carbocycles. The minimum absolute atomic E-state index is 0.0939. The third kappa shape index (κ3) is 4.64. The van der Waals surface area contributed by atoms with E-state index in [9.17, 15) is 9.18 Å². The second-order valence-corrected chi connectivity index (χ2v) is 7.28. The van der Waals surface area contributed by atoms with Crippen LogP contribution in [0.4, 0.5) is 10.1 Å². The van der Waals surface area contributed by atoms with Gasteiger partial charge in [-0.25, -0.2) is 9.07 Å². The fourth-order valence-electron chi connectivity index (χ4n) is 3.28. The Morgan fingerprint density at radius 2 is 1.86 bits per heavy atom. The zero-order chi connectivity index (χ0) is 20.3. The van der Waals surface area contributed by atoms with Gasteiger partial charge in [0.1, 0.15) is 12.4 Å². The maximum Gasteiger partial charge on any atom is 0.279 e. The summed E-state index contributed by atoms with van der Waals surface area (Å²) in [5.41, 5.74) is 5.41. The first-order valence-electron chi connectivity index (χ1n) is 9.32. The van der Waals surface area contributed by atoms with E-state index in [1.54, 1.807) is 6.07 Å². The van der Waals surface area contributed by atoms with Crippen LogP contribution in [0.5, 0.6) is 0 Å². The Labute approximate surface area is 164 Å². The van der Waals surface area contributed by atoms with E-state index < -0.39 is 0 Å². The second-order valence-electron chi connectivity index (χ2n) is 7.28. The fraction of sp³-hybridized carbons (Fsp3) is 0.273. The van der Waals surface area contributed by atoms with Crippen LogP contribution < -0.4 is 10.2 Å². The molecule has 3 rings (SSSR count). The molecule has 0 bridgehead atoms. The summed E-state index contributed by atoms with van der Waals surface area (Å²) in [4.78, 5) is 13.5. The molecule has 0 saturated heterocycles. The van der Waals surface area contributed by atoms with E-state index in [1.165, 1.54) is 17.7 Å². The monoisotopic (exact) mass is 381 g/mol. The van der Waals surface area contributed by atoms with E-state index in [-0.39, 0.29) is 18.3 Å². The van der Waals surface area contributed by atoms with Gasteiger partial charge in [0.15, 0.2) is 6.54 Å². The number of likely N-dealkylation sites (N-methyl/N-ethyl adjacent to an activating group) is 1. The van der Waals surface area contributed by atoms with Gasteiger partial charge < -0.3 is 10.2 Å². The molecule has 1 unspecified atom stereocenters. The first-order valence-corrected chi connectivity index (χ1v) is 9.32. The molecule has 0 spiro atoms. The predicted octanol–water partition coefficient (Wildman–Crippen LogP) is 2.59. The lowest BCUT2D eigenvalue weighted by Gasteiger charge is -2.14. The molecule has 6 heteroatoms. The maximum absolute atomic E-state index is 13.3. The molecule has 1 atom stereocenters. The van der Waals surface area contributed by atoms with E-state index in [4.69, 9.17) is 0 Å². The van der Waals surface area contributed by atoms with Crippen molar-refractivity contribution in [3.8, 4) is 5.69 Å². The lowest BCUT2D eigenvalue weighted by atomic mass is 10.2.